The van der Waals surface area contributed by atoms with E-state index in [0.717, 1.165) is 20.9 Å². The maximum Gasteiger partial charge on any atom is 0.416 e. The highest BCUT2D eigenvalue weighted by atomic mass is 19.4. The summed E-state index contributed by atoms with van der Waals surface area (Å²) in [4.78, 5) is 35.6. The van der Waals surface area contributed by atoms with E-state index in [-0.39, 0.29) is 44.5 Å². The molecule has 0 fully saturated rings. The Bertz CT molecular complexity index is 2320. The zero-order valence-corrected chi connectivity index (χ0v) is 17.7. The molecule has 0 spiro atoms. The van der Waals surface area contributed by atoms with Gasteiger partial charge in [0.25, 0.3) is 11.1 Å². The Morgan fingerprint density at radius 1 is 0.750 bits per heavy atom. The van der Waals surface area contributed by atoms with Crippen molar-refractivity contribution < 1.29 is 13.2 Å². The molecule has 0 amide bonds. The first-order valence-corrected chi connectivity index (χ1v) is 10.5. The summed E-state index contributed by atoms with van der Waals surface area (Å²) in [6.45, 7) is 0. The SMILES string of the molecule is N#Cc1nc2c3ccc4c(=O)n5c6cc(C(F)(F)F)ccc6nc5c5ccc(c(=O)n2c1C#N)c3c45. The van der Waals surface area contributed by atoms with Gasteiger partial charge in [0.05, 0.1) is 16.6 Å². The Labute approximate surface area is 196 Å². The van der Waals surface area contributed by atoms with Gasteiger partial charge in [0.1, 0.15) is 23.4 Å². The highest BCUT2D eigenvalue weighted by Gasteiger charge is 2.31. The van der Waals surface area contributed by atoms with Crippen molar-refractivity contribution in [1.29, 1.82) is 10.5 Å². The first-order valence-electron chi connectivity index (χ1n) is 10.5. The van der Waals surface area contributed by atoms with E-state index < -0.39 is 22.9 Å². The first kappa shape index (κ1) is 20.1. The zero-order chi connectivity index (χ0) is 25.1. The van der Waals surface area contributed by atoms with Crippen molar-refractivity contribution >= 4 is 54.6 Å². The Hall–Kier alpha value is -5.29. The summed E-state index contributed by atoms with van der Waals surface area (Å²) in [6, 6.07) is 12.9. The third kappa shape index (κ3) is 2.22. The van der Waals surface area contributed by atoms with Crippen LogP contribution in [0.2, 0.25) is 0 Å². The van der Waals surface area contributed by atoms with E-state index in [9.17, 15) is 33.3 Å². The minimum Gasteiger partial charge on any atom is -0.268 e. The number of hydrogen-bond acceptors (Lipinski definition) is 6. The number of nitriles is 2. The normalized spacial score (nSPS) is 12.5. The number of nitrogens with zero attached hydrogens (tertiary/aromatic N) is 6. The van der Waals surface area contributed by atoms with Gasteiger partial charge in [0.2, 0.25) is 0 Å². The molecule has 170 valence electrons. The molecule has 4 heterocycles. The maximum absolute atomic E-state index is 13.6. The summed E-state index contributed by atoms with van der Waals surface area (Å²) in [5.41, 5.74) is -1.95. The van der Waals surface area contributed by atoms with Crippen LogP contribution in [-0.2, 0) is 6.18 Å². The molecule has 0 aliphatic rings. The predicted octanol–water partition coefficient (Wildman–Crippen LogP) is 3.95. The minimum absolute atomic E-state index is 0.0211. The van der Waals surface area contributed by atoms with Gasteiger partial charge in [-0.15, -0.1) is 0 Å². The summed E-state index contributed by atoms with van der Waals surface area (Å²) in [7, 11) is 0. The maximum atomic E-state index is 13.6. The fraction of sp³-hybridized carbons (Fsp3) is 0.0400. The second-order valence-corrected chi connectivity index (χ2v) is 8.35. The van der Waals surface area contributed by atoms with Gasteiger partial charge in [0, 0.05) is 32.3 Å². The topological polar surface area (TPSA) is 116 Å². The monoisotopic (exact) mass is 480 g/mol. The van der Waals surface area contributed by atoms with Crippen molar-refractivity contribution in [2.75, 3.05) is 0 Å². The molecule has 36 heavy (non-hydrogen) atoms. The largest absolute Gasteiger partial charge is 0.416 e. The molecule has 8 nitrogen and oxygen atoms in total. The molecule has 0 saturated carbocycles. The van der Waals surface area contributed by atoms with Crippen LogP contribution in [0.15, 0.2) is 52.1 Å². The smallest absolute Gasteiger partial charge is 0.268 e. The Kier molecular flexibility index (Phi) is 3.48. The third-order valence-electron chi connectivity index (χ3n) is 6.58. The van der Waals surface area contributed by atoms with Gasteiger partial charge in [-0.25, -0.2) is 14.4 Å². The van der Waals surface area contributed by atoms with Gasteiger partial charge < -0.3 is 0 Å². The lowest BCUT2D eigenvalue weighted by molar-refractivity contribution is -0.137. The van der Waals surface area contributed by atoms with E-state index >= 15 is 0 Å². The summed E-state index contributed by atoms with van der Waals surface area (Å²) in [5.74, 6) is 0. The van der Waals surface area contributed by atoms with Gasteiger partial charge in [-0.3, -0.25) is 14.0 Å². The number of fused-ring (bicyclic) bond motifs is 6. The minimum atomic E-state index is -4.60. The number of aromatic nitrogens is 4. The highest BCUT2D eigenvalue weighted by Crippen LogP contribution is 2.37. The molecule has 0 radical (unpaired) electrons. The van der Waals surface area contributed by atoms with Crippen molar-refractivity contribution in [2.45, 2.75) is 6.18 Å². The molecule has 0 unspecified atom stereocenters. The Morgan fingerprint density at radius 2 is 1.33 bits per heavy atom. The molecule has 0 bridgehead atoms. The Balaban J connectivity index is 1.75. The highest BCUT2D eigenvalue weighted by molar-refractivity contribution is 6.27. The molecule has 3 aromatic carbocycles. The summed E-state index contributed by atoms with van der Waals surface area (Å²) in [5, 5.41) is 21.0. The summed E-state index contributed by atoms with van der Waals surface area (Å²) < 4.78 is 42.3. The lowest BCUT2D eigenvalue weighted by Crippen LogP contribution is -2.17. The quantitative estimate of drug-likeness (QED) is 0.304. The van der Waals surface area contributed by atoms with E-state index in [2.05, 4.69) is 9.97 Å². The van der Waals surface area contributed by atoms with Crippen molar-refractivity contribution in [3.63, 3.8) is 0 Å². The molecule has 0 N–H and O–H groups in total. The average molecular weight is 480 g/mol. The number of halogens is 3. The van der Waals surface area contributed by atoms with E-state index in [4.69, 9.17) is 0 Å². The zero-order valence-electron chi connectivity index (χ0n) is 17.7. The fourth-order valence-electron chi connectivity index (χ4n) is 5.08. The fourth-order valence-corrected chi connectivity index (χ4v) is 5.08. The van der Waals surface area contributed by atoms with Crippen LogP contribution in [-0.4, -0.2) is 18.8 Å². The second kappa shape index (κ2) is 6.23. The lowest BCUT2D eigenvalue weighted by Gasteiger charge is -2.12. The molecule has 11 heteroatoms. The number of alkyl halides is 3. The molecule has 4 aromatic heterocycles. The van der Waals surface area contributed by atoms with Crippen LogP contribution in [0.3, 0.4) is 0 Å². The van der Waals surface area contributed by atoms with Crippen molar-refractivity contribution in [3.05, 3.63) is 80.1 Å². The van der Waals surface area contributed by atoms with E-state index in [1.54, 1.807) is 12.1 Å². The van der Waals surface area contributed by atoms with Crippen LogP contribution < -0.4 is 11.1 Å². The second-order valence-electron chi connectivity index (χ2n) is 8.35. The van der Waals surface area contributed by atoms with Gasteiger partial charge >= 0.3 is 6.18 Å². The summed E-state index contributed by atoms with van der Waals surface area (Å²) >= 11 is 0. The molecule has 0 aliphatic carbocycles. The van der Waals surface area contributed by atoms with Crippen molar-refractivity contribution in [1.82, 2.24) is 18.8 Å². The number of hydrogen-bond donors (Lipinski definition) is 0. The van der Waals surface area contributed by atoms with Crippen molar-refractivity contribution in [2.24, 2.45) is 0 Å². The van der Waals surface area contributed by atoms with Gasteiger partial charge in [0.15, 0.2) is 11.4 Å². The van der Waals surface area contributed by atoms with Gasteiger partial charge in [-0.05, 0) is 42.5 Å². The van der Waals surface area contributed by atoms with Crippen LogP contribution in [0.4, 0.5) is 13.2 Å². The van der Waals surface area contributed by atoms with Crippen LogP contribution >= 0.6 is 0 Å². The van der Waals surface area contributed by atoms with Crippen LogP contribution in [0.1, 0.15) is 17.0 Å². The number of benzene rings is 3. The van der Waals surface area contributed by atoms with Gasteiger partial charge in [-0.1, -0.05) is 0 Å². The van der Waals surface area contributed by atoms with Gasteiger partial charge in [-0.2, -0.15) is 23.7 Å². The number of imidazole rings is 2. The molecular weight excluding hydrogens is 473 g/mol. The van der Waals surface area contributed by atoms with E-state index in [0.29, 0.717) is 21.5 Å². The Morgan fingerprint density at radius 3 is 1.92 bits per heavy atom. The molecular formula is C25H7F3N6O2. The first-order chi connectivity index (χ1) is 17.2. The number of pyridine rings is 2. The molecule has 0 saturated heterocycles. The van der Waals surface area contributed by atoms with Crippen molar-refractivity contribution in [3.8, 4) is 12.1 Å². The number of rotatable bonds is 0. The standard InChI is InChI=1S/C25H7F3N6O2/c26-25(27,28)10-1-6-15-17(7-10)33-21(31-15)11-2-5-14-20-12(3-4-13(19(11)20)23(33)35)22-32-16(8-29)18(9-30)34(22)24(14)36/h1-7H. The average Bonchev–Trinajstić information content (AvgIpc) is 3.44. The molecule has 7 aromatic rings. The van der Waals surface area contributed by atoms with Crippen LogP contribution in [0.25, 0.3) is 54.6 Å². The van der Waals surface area contributed by atoms with E-state index in [1.807, 2.05) is 12.1 Å². The van der Waals surface area contributed by atoms with E-state index in [1.165, 1.54) is 18.2 Å². The third-order valence-corrected chi connectivity index (χ3v) is 6.58. The summed E-state index contributed by atoms with van der Waals surface area (Å²) in [6.07, 6.45) is -4.60. The van der Waals surface area contributed by atoms with Crippen LogP contribution in [0, 0.1) is 22.7 Å². The van der Waals surface area contributed by atoms with Crippen LogP contribution in [0.5, 0.6) is 0 Å². The molecule has 0 atom stereocenters. The molecule has 7 rings (SSSR count). The lowest BCUT2D eigenvalue weighted by atomic mass is 9.96. The molecule has 0 aliphatic heterocycles. The predicted molar refractivity (Wildman–Crippen MR) is 123 cm³/mol.